The largest absolute Gasteiger partial charge is 0.274 e. The van der Waals surface area contributed by atoms with Crippen molar-refractivity contribution in [3.05, 3.63) is 43.0 Å². The molecule has 1 aliphatic heterocycles. The molecule has 0 fully saturated rings. The van der Waals surface area contributed by atoms with Gasteiger partial charge in [-0.05, 0) is 74.9 Å². The van der Waals surface area contributed by atoms with Crippen molar-refractivity contribution in [2.24, 2.45) is 5.92 Å². The molecule has 3 aromatic rings. The lowest BCUT2D eigenvalue weighted by Gasteiger charge is -2.23. The van der Waals surface area contributed by atoms with Gasteiger partial charge in [0.05, 0.1) is 28.5 Å². The highest BCUT2D eigenvalue weighted by atomic mass is 79.9. The third kappa shape index (κ3) is 9.12. The molecule has 0 aromatic carbocycles. The SMILES string of the molecule is CCCCCCCCCCC(CCCCCCCC)CN1C(=O)c2c(-c3ccc(Br)s3)sc(-c3ccc(Br)s3)c2C1=O. The molecule has 1 aliphatic rings. The zero-order valence-corrected chi connectivity index (χ0v) is 30.8. The van der Waals surface area contributed by atoms with E-state index >= 15 is 0 Å². The van der Waals surface area contributed by atoms with E-state index in [2.05, 4.69) is 57.8 Å². The summed E-state index contributed by atoms with van der Waals surface area (Å²) >= 11 is 12.0. The average molecular weight is 756 g/mol. The van der Waals surface area contributed by atoms with Gasteiger partial charge in [0.1, 0.15) is 0 Å². The van der Waals surface area contributed by atoms with Gasteiger partial charge in [-0.15, -0.1) is 34.0 Å². The van der Waals surface area contributed by atoms with Gasteiger partial charge in [0.25, 0.3) is 11.8 Å². The Kier molecular flexibility index (Phi) is 14.3. The van der Waals surface area contributed by atoms with E-state index < -0.39 is 0 Å². The minimum absolute atomic E-state index is 0.100. The van der Waals surface area contributed by atoms with Crippen molar-refractivity contribution in [3.8, 4) is 19.5 Å². The van der Waals surface area contributed by atoms with Crippen LogP contribution < -0.4 is 0 Å². The van der Waals surface area contributed by atoms with Crippen LogP contribution in [0.15, 0.2) is 31.8 Å². The highest BCUT2D eigenvalue weighted by molar-refractivity contribution is 9.11. The number of fused-ring (bicyclic) bond motifs is 1. The van der Waals surface area contributed by atoms with Crippen molar-refractivity contribution < 1.29 is 9.59 Å². The molecule has 0 bridgehead atoms. The van der Waals surface area contributed by atoms with E-state index in [1.165, 1.54) is 89.9 Å². The van der Waals surface area contributed by atoms with Gasteiger partial charge in [-0.2, -0.15) is 0 Å². The fraction of sp³-hybridized carbons (Fsp3) is 0.588. The molecule has 0 N–H and O–H groups in total. The summed E-state index contributed by atoms with van der Waals surface area (Å²) in [6.45, 7) is 5.07. The normalized spacial score (nSPS) is 13.9. The van der Waals surface area contributed by atoms with Crippen LogP contribution in [0, 0.1) is 5.92 Å². The second-order valence-corrected chi connectivity index (χ2v) is 17.6. The topological polar surface area (TPSA) is 37.4 Å². The van der Waals surface area contributed by atoms with Crippen LogP contribution in [0.3, 0.4) is 0 Å². The van der Waals surface area contributed by atoms with Crippen molar-refractivity contribution in [2.75, 3.05) is 6.54 Å². The Bertz CT molecular complexity index is 1220. The summed E-state index contributed by atoms with van der Waals surface area (Å²) in [4.78, 5) is 33.6. The van der Waals surface area contributed by atoms with Crippen molar-refractivity contribution in [2.45, 2.75) is 117 Å². The molecule has 0 spiro atoms. The van der Waals surface area contributed by atoms with Crippen LogP contribution in [0.5, 0.6) is 0 Å². The highest BCUT2D eigenvalue weighted by Gasteiger charge is 2.43. The standard InChI is InChI=1S/C34H45Br2NO2S3/c1-3-5-7-9-11-12-14-16-18-24(17-15-13-10-8-6-4-2)23-37-33(38)29-30(34(37)39)32(26-20-22-28(36)41-26)42-31(29)25-19-21-27(35)40-25/h19-22,24H,3-18,23H2,1-2H3. The number of unbranched alkanes of at least 4 members (excludes halogenated alkanes) is 12. The van der Waals surface area contributed by atoms with E-state index in [9.17, 15) is 9.59 Å². The maximum absolute atomic E-state index is 14.0. The molecule has 8 heteroatoms. The van der Waals surface area contributed by atoms with Crippen LogP contribution in [0.1, 0.15) is 137 Å². The zero-order valence-electron chi connectivity index (χ0n) is 25.2. The van der Waals surface area contributed by atoms with Crippen molar-refractivity contribution in [1.29, 1.82) is 0 Å². The number of halogens is 2. The van der Waals surface area contributed by atoms with E-state index in [1.54, 1.807) is 38.9 Å². The molecule has 0 saturated carbocycles. The molecule has 42 heavy (non-hydrogen) atoms. The maximum Gasteiger partial charge on any atom is 0.263 e. The second kappa shape index (κ2) is 17.6. The summed E-state index contributed by atoms with van der Waals surface area (Å²) in [7, 11) is 0. The molecule has 1 atom stereocenters. The Labute approximate surface area is 281 Å². The summed E-state index contributed by atoms with van der Waals surface area (Å²) in [5, 5.41) is 0. The van der Waals surface area contributed by atoms with Gasteiger partial charge in [0, 0.05) is 16.3 Å². The number of carbonyl (C=O) groups is 2. The van der Waals surface area contributed by atoms with Crippen LogP contribution in [0.4, 0.5) is 0 Å². The number of thiophene rings is 3. The molecule has 2 amide bonds. The Morgan fingerprint density at radius 3 is 1.38 bits per heavy atom. The third-order valence-electron chi connectivity index (χ3n) is 8.29. The smallest absolute Gasteiger partial charge is 0.263 e. The maximum atomic E-state index is 14.0. The molecule has 230 valence electrons. The summed E-state index contributed by atoms with van der Waals surface area (Å²) in [6, 6.07) is 8.15. The molecule has 3 nitrogen and oxygen atoms in total. The van der Waals surface area contributed by atoms with E-state index in [0.717, 1.165) is 39.9 Å². The molecule has 4 rings (SSSR count). The number of hydrogen-bond donors (Lipinski definition) is 0. The van der Waals surface area contributed by atoms with Gasteiger partial charge in [-0.3, -0.25) is 14.5 Å². The minimum atomic E-state index is -0.100. The first kappa shape index (κ1) is 34.1. The van der Waals surface area contributed by atoms with E-state index in [4.69, 9.17) is 0 Å². The van der Waals surface area contributed by atoms with Gasteiger partial charge >= 0.3 is 0 Å². The number of carbonyl (C=O) groups excluding carboxylic acids is 2. The van der Waals surface area contributed by atoms with Crippen LogP contribution in [0.25, 0.3) is 19.5 Å². The van der Waals surface area contributed by atoms with E-state index in [1.807, 2.05) is 12.1 Å². The van der Waals surface area contributed by atoms with Gasteiger partial charge in [0.2, 0.25) is 0 Å². The highest BCUT2D eigenvalue weighted by Crippen LogP contribution is 2.50. The monoisotopic (exact) mass is 753 g/mol. The lowest BCUT2D eigenvalue weighted by atomic mass is 9.93. The molecule has 1 unspecified atom stereocenters. The third-order valence-corrected chi connectivity index (χ3v) is 13.1. The number of rotatable bonds is 20. The fourth-order valence-corrected chi connectivity index (χ4v) is 10.2. The Hall–Kier alpha value is -0.800. The molecule has 3 aromatic heterocycles. The lowest BCUT2D eigenvalue weighted by Crippen LogP contribution is -2.35. The number of amides is 2. The first-order chi connectivity index (χ1) is 20.4. The first-order valence-corrected chi connectivity index (χ1v) is 20.0. The lowest BCUT2D eigenvalue weighted by molar-refractivity contribution is 0.0622. The predicted molar refractivity (Wildman–Crippen MR) is 190 cm³/mol. The predicted octanol–water partition coefficient (Wildman–Crippen LogP) is 13.2. The molecule has 4 heterocycles. The van der Waals surface area contributed by atoms with Gasteiger partial charge in [0.15, 0.2) is 0 Å². The molecule has 0 radical (unpaired) electrons. The zero-order chi connectivity index (χ0) is 29.9. The van der Waals surface area contributed by atoms with Crippen LogP contribution in [-0.4, -0.2) is 23.3 Å². The first-order valence-electron chi connectivity index (χ1n) is 16.0. The average Bonchev–Trinajstić information content (AvgIpc) is 3.75. The van der Waals surface area contributed by atoms with Gasteiger partial charge in [-0.1, -0.05) is 104 Å². The Morgan fingerprint density at radius 2 is 1.00 bits per heavy atom. The summed E-state index contributed by atoms with van der Waals surface area (Å²) in [6.07, 6.45) is 20.2. The fourth-order valence-electron chi connectivity index (χ4n) is 5.95. The van der Waals surface area contributed by atoms with E-state index in [-0.39, 0.29) is 11.8 Å². The van der Waals surface area contributed by atoms with Crippen molar-refractivity contribution in [3.63, 3.8) is 0 Å². The van der Waals surface area contributed by atoms with Crippen molar-refractivity contribution >= 4 is 77.7 Å². The van der Waals surface area contributed by atoms with Crippen LogP contribution >= 0.6 is 65.9 Å². The molecule has 0 saturated heterocycles. The summed E-state index contributed by atoms with van der Waals surface area (Å²) in [5.74, 6) is 0.170. The minimum Gasteiger partial charge on any atom is -0.274 e. The van der Waals surface area contributed by atoms with Crippen LogP contribution in [-0.2, 0) is 0 Å². The summed E-state index contributed by atoms with van der Waals surface area (Å²) in [5.41, 5.74) is 1.23. The quantitative estimate of drug-likeness (QED) is 0.0851. The molecular formula is C34H45Br2NO2S3. The number of nitrogens with zero attached hydrogens (tertiary/aromatic N) is 1. The van der Waals surface area contributed by atoms with Gasteiger partial charge < -0.3 is 0 Å². The Morgan fingerprint density at radius 1 is 0.595 bits per heavy atom. The Balaban J connectivity index is 1.48. The van der Waals surface area contributed by atoms with Crippen molar-refractivity contribution in [1.82, 2.24) is 4.90 Å². The number of imide groups is 1. The molecular weight excluding hydrogens is 710 g/mol. The summed E-state index contributed by atoms with van der Waals surface area (Å²) < 4.78 is 2.05. The van der Waals surface area contributed by atoms with E-state index in [0.29, 0.717) is 23.6 Å². The van der Waals surface area contributed by atoms with Crippen LogP contribution in [0.2, 0.25) is 0 Å². The number of hydrogen-bond acceptors (Lipinski definition) is 5. The second-order valence-electron chi connectivity index (χ2n) is 11.6. The molecule has 0 aliphatic carbocycles. The van der Waals surface area contributed by atoms with Gasteiger partial charge in [-0.25, -0.2) is 0 Å².